The van der Waals surface area contributed by atoms with E-state index in [1.165, 1.54) is 6.42 Å². The molecule has 0 radical (unpaired) electrons. The summed E-state index contributed by atoms with van der Waals surface area (Å²) in [6.07, 6.45) is 2.10. The molecule has 0 fully saturated rings. The van der Waals surface area contributed by atoms with Crippen LogP contribution in [0.15, 0.2) is 0 Å². The van der Waals surface area contributed by atoms with E-state index in [1.807, 2.05) is 0 Å². The quantitative estimate of drug-likeness (QED) is 0.623. The van der Waals surface area contributed by atoms with Gasteiger partial charge in [-0.1, -0.05) is 13.3 Å². The van der Waals surface area contributed by atoms with Crippen LogP contribution < -0.4 is 0 Å². The lowest BCUT2D eigenvalue weighted by molar-refractivity contribution is 0.226. The SMILES string of the molecule is CCC(CCO)CN(C)C. The third-order valence-corrected chi connectivity index (χ3v) is 1.74. The van der Waals surface area contributed by atoms with E-state index in [-0.39, 0.29) is 0 Å². The fourth-order valence-electron chi connectivity index (χ4n) is 1.12. The largest absolute Gasteiger partial charge is 0.396 e. The Hall–Kier alpha value is -0.0800. The van der Waals surface area contributed by atoms with Gasteiger partial charge in [0.05, 0.1) is 0 Å². The van der Waals surface area contributed by atoms with Crippen molar-refractivity contribution in [2.75, 3.05) is 27.2 Å². The standard InChI is InChI=1S/C8H19NO/c1-4-8(5-6-10)7-9(2)3/h8,10H,4-7H2,1-3H3. The molecule has 2 heteroatoms. The van der Waals surface area contributed by atoms with Crippen molar-refractivity contribution < 1.29 is 5.11 Å². The highest BCUT2D eigenvalue weighted by molar-refractivity contribution is 4.58. The van der Waals surface area contributed by atoms with Crippen LogP contribution in [0.3, 0.4) is 0 Å². The summed E-state index contributed by atoms with van der Waals surface area (Å²) in [4.78, 5) is 2.17. The molecule has 0 aromatic rings. The average molecular weight is 145 g/mol. The van der Waals surface area contributed by atoms with Gasteiger partial charge >= 0.3 is 0 Å². The summed E-state index contributed by atoms with van der Waals surface area (Å²) in [5, 5.41) is 8.66. The van der Waals surface area contributed by atoms with Gasteiger partial charge in [0.2, 0.25) is 0 Å². The van der Waals surface area contributed by atoms with Gasteiger partial charge in [-0.15, -0.1) is 0 Å². The minimum absolute atomic E-state index is 0.326. The summed E-state index contributed by atoms with van der Waals surface area (Å²) in [7, 11) is 4.14. The number of rotatable bonds is 5. The van der Waals surface area contributed by atoms with E-state index < -0.39 is 0 Å². The van der Waals surface area contributed by atoms with Crippen LogP contribution in [-0.2, 0) is 0 Å². The second kappa shape index (κ2) is 5.69. The molecule has 0 aromatic carbocycles. The molecule has 0 saturated heterocycles. The molecule has 0 heterocycles. The first-order valence-corrected chi connectivity index (χ1v) is 3.96. The van der Waals surface area contributed by atoms with Gasteiger partial charge < -0.3 is 10.0 Å². The Morgan fingerprint density at radius 3 is 2.30 bits per heavy atom. The lowest BCUT2D eigenvalue weighted by Gasteiger charge is -2.17. The van der Waals surface area contributed by atoms with Crippen LogP contribution in [0, 0.1) is 5.92 Å². The maximum atomic E-state index is 8.66. The number of hydrogen-bond acceptors (Lipinski definition) is 2. The van der Waals surface area contributed by atoms with Crippen LogP contribution in [0.25, 0.3) is 0 Å². The molecule has 2 nitrogen and oxygen atoms in total. The van der Waals surface area contributed by atoms with Crippen LogP contribution in [0.1, 0.15) is 19.8 Å². The number of aliphatic hydroxyl groups is 1. The van der Waals surface area contributed by atoms with Crippen molar-refractivity contribution in [2.45, 2.75) is 19.8 Å². The zero-order valence-electron chi connectivity index (χ0n) is 7.30. The first-order valence-electron chi connectivity index (χ1n) is 3.96. The fourth-order valence-corrected chi connectivity index (χ4v) is 1.12. The topological polar surface area (TPSA) is 23.5 Å². The monoisotopic (exact) mass is 145 g/mol. The maximum Gasteiger partial charge on any atom is 0.0434 e. The van der Waals surface area contributed by atoms with Gasteiger partial charge in [0.15, 0.2) is 0 Å². The van der Waals surface area contributed by atoms with Crippen molar-refractivity contribution in [2.24, 2.45) is 5.92 Å². The Morgan fingerprint density at radius 2 is 2.00 bits per heavy atom. The highest BCUT2D eigenvalue weighted by Crippen LogP contribution is 2.07. The van der Waals surface area contributed by atoms with E-state index in [0.29, 0.717) is 12.5 Å². The molecule has 10 heavy (non-hydrogen) atoms. The Morgan fingerprint density at radius 1 is 1.40 bits per heavy atom. The van der Waals surface area contributed by atoms with Gasteiger partial charge in [-0.2, -0.15) is 0 Å². The van der Waals surface area contributed by atoms with Crippen LogP contribution in [-0.4, -0.2) is 37.3 Å². The molecule has 0 bridgehead atoms. The summed E-state index contributed by atoms with van der Waals surface area (Å²) < 4.78 is 0. The van der Waals surface area contributed by atoms with E-state index in [4.69, 9.17) is 5.11 Å². The summed E-state index contributed by atoms with van der Waals surface area (Å²) in [5.41, 5.74) is 0. The van der Waals surface area contributed by atoms with Crippen molar-refractivity contribution >= 4 is 0 Å². The van der Waals surface area contributed by atoms with E-state index in [9.17, 15) is 0 Å². The second-order valence-corrected chi connectivity index (χ2v) is 3.05. The molecular formula is C8H19NO. The summed E-state index contributed by atoms with van der Waals surface area (Å²) in [6, 6.07) is 0. The average Bonchev–Trinajstić information content (AvgIpc) is 1.86. The molecular weight excluding hydrogens is 126 g/mol. The van der Waals surface area contributed by atoms with Crippen molar-refractivity contribution in [3.05, 3.63) is 0 Å². The second-order valence-electron chi connectivity index (χ2n) is 3.05. The molecule has 0 aliphatic rings. The van der Waals surface area contributed by atoms with Gasteiger partial charge in [0.25, 0.3) is 0 Å². The van der Waals surface area contributed by atoms with E-state index in [2.05, 4.69) is 25.9 Å². The minimum atomic E-state index is 0.326. The lowest BCUT2D eigenvalue weighted by Crippen LogP contribution is -2.21. The molecule has 1 N–H and O–H groups in total. The zero-order chi connectivity index (χ0) is 7.98. The third kappa shape index (κ3) is 4.77. The zero-order valence-corrected chi connectivity index (χ0v) is 7.30. The molecule has 0 aliphatic carbocycles. The third-order valence-electron chi connectivity index (χ3n) is 1.74. The predicted octanol–water partition coefficient (Wildman–Crippen LogP) is 0.957. The first kappa shape index (κ1) is 9.92. The first-order chi connectivity index (χ1) is 4.70. The normalized spacial score (nSPS) is 14.1. The van der Waals surface area contributed by atoms with Gasteiger partial charge in [-0.05, 0) is 26.4 Å². The molecule has 62 valence electrons. The Kier molecular flexibility index (Phi) is 5.64. The van der Waals surface area contributed by atoms with Crippen LogP contribution in [0.2, 0.25) is 0 Å². The molecule has 0 amide bonds. The Labute approximate surface area is 63.8 Å². The van der Waals surface area contributed by atoms with Gasteiger partial charge in [0.1, 0.15) is 0 Å². The molecule has 0 saturated carbocycles. The number of hydrogen-bond donors (Lipinski definition) is 1. The molecule has 0 aliphatic heterocycles. The highest BCUT2D eigenvalue weighted by atomic mass is 16.3. The van der Waals surface area contributed by atoms with Crippen molar-refractivity contribution in [3.8, 4) is 0 Å². The number of nitrogens with zero attached hydrogens (tertiary/aromatic N) is 1. The summed E-state index contributed by atoms with van der Waals surface area (Å²) in [5.74, 6) is 0.667. The van der Waals surface area contributed by atoms with Crippen LogP contribution >= 0.6 is 0 Å². The highest BCUT2D eigenvalue weighted by Gasteiger charge is 2.05. The van der Waals surface area contributed by atoms with Crippen molar-refractivity contribution in [1.29, 1.82) is 0 Å². The number of aliphatic hydroxyl groups excluding tert-OH is 1. The fraction of sp³-hybridized carbons (Fsp3) is 1.00. The van der Waals surface area contributed by atoms with Crippen LogP contribution in [0.5, 0.6) is 0 Å². The van der Waals surface area contributed by atoms with E-state index >= 15 is 0 Å². The van der Waals surface area contributed by atoms with Gasteiger partial charge in [0, 0.05) is 13.2 Å². The minimum Gasteiger partial charge on any atom is -0.396 e. The lowest BCUT2D eigenvalue weighted by atomic mass is 10.0. The summed E-state index contributed by atoms with van der Waals surface area (Å²) in [6.45, 7) is 3.59. The summed E-state index contributed by atoms with van der Waals surface area (Å²) >= 11 is 0. The smallest absolute Gasteiger partial charge is 0.0434 e. The predicted molar refractivity (Wildman–Crippen MR) is 44.0 cm³/mol. The van der Waals surface area contributed by atoms with E-state index in [0.717, 1.165) is 13.0 Å². The van der Waals surface area contributed by atoms with Crippen molar-refractivity contribution in [1.82, 2.24) is 4.90 Å². The Bertz CT molecular complexity index is 73.7. The molecule has 1 atom stereocenters. The van der Waals surface area contributed by atoms with Crippen LogP contribution in [0.4, 0.5) is 0 Å². The van der Waals surface area contributed by atoms with Gasteiger partial charge in [-0.3, -0.25) is 0 Å². The molecule has 0 spiro atoms. The molecule has 0 rings (SSSR count). The van der Waals surface area contributed by atoms with Crippen molar-refractivity contribution in [3.63, 3.8) is 0 Å². The van der Waals surface area contributed by atoms with E-state index in [1.54, 1.807) is 0 Å². The van der Waals surface area contributed by atoms with Gasteiger partial charge in [-0.25, -0.2) is 0 Å². The maximum absolute atomic E-state index is 8.66. The molecule has 1 unspecified atom stereocenters. The Balaban J connectivity index is 3.39. The molecule has 0 aromatic heterocycles.